The van der Waals surface area contributed by atoms with E-state index in [1.54, 1.807) is 19.1 Å². The van der Waals surface area contributed by atoms with Crippen LogP contribution in [0.15, 0.2) is 45.9 Å². The average molecular weight is 467 g/mol. The number of carbonyl (C=O) groups excluding carboxylic acids is 1. The Morgan fingerprint density at radius 2 is 2.07 bits per heavy atom. The van der Waals surface area contributed by atoms with E-state index in [9.17, 15) is 17.9 Å². The number of hydrogen-bond acceptors (Lipinski definition) is 6. The summed E-state index contributed by atoms with van der Waals surface area (Å²) in [6.45, 7) is 1.74. The SMILES string of the molecule is COC(=O)Cc1cc2ccc(F)cc2c(Oc2ncc(S(=O)[O-])cc2Br)c1C. The lowest BCUT2D eigenvalue weighted by atomic mass is 9.98. The zero-order valence-corrected chi connectivity index (χ0v) is 17.2. The minimum Gasteiger partial charge on any atom is -0.768 e. The van der Waals surface area contributed by atoms with Gasteiger partial charge in [-0.2, -0.15) is 0 Å². The number of fused-ring (bicyclic) bond motifs is 1. The molecular formula is C19H14BrFNO5S-. The van der Waals surface area contributed by atoms with Gasteiger partial charge < -0.3 is 14.0 Å². The minimum absolute atomic E-state index is 0.00806. The first-order valence-electron chi connectivity index (χ1n) is 8.01. The summed E-state index contributed by atoms with van der Waals surface area (Å²) in [5.74, 6) is -0.433. The molecule has 0 N–H and O–H groups in total. The van der Waals surface area contributed by atoms with Gasteiger partial charge >= 0.3 is 5.97 Å². The molecule has 0 aliphatic rings. The van der Waals surface area contributed by atoms with Gasteiger partial charge in [-0.3, -0.25) is 9.00 Å². The monoisotopic (exact) mass is 466 g/mol. The number of esters is 1. The van der Waals surface area contributed by atoms with Crippen LogP contribution in [0, 0.1) is 12.7 Å². The van der Waals surface area contributed by atoms with Gasteiger partial charge in [-0.15, -0.1) is 0 Å². The zero-order valence-electron chi connectivity index (χ0n) is 14.8. The van der Waals surface area contributed by atoms with E-state index in [1.807, 2.05) is 0 Å². The van der Waals surface area contributed by atoms with Crippen molar-refractivity contribution in [3.05, 3.63) is 57.9 Å². The number of pyridine rings is 1. The lowest BCUT2D eigenvalue weighted by Gasteiger charge is -2.16. The second kappa shape index (κ2) is 8.34. The predicted molar refractivity (Wildman–Crippen MR) is 104 cm³/mol. The quantitative estimate of drug-likeness (QED) is 0.413. The Hall–Kier alpha value is -2.36. The molecule has 0 amide bonds. The summed E-state index contributed by atoms with van der Waals surface area (Å²) in [6.07, 6.45) is 1.17. The number of ether oxygens (including phenoxy) is 2. The summed E-state index contributed by atoms with van der Waals surface area (Å²) in [4.78, 5) is 15.8. The van der Waals surface area contributed by atoms with Crippen LogP contribution in [0.5, 0.6) is 11.6 Å². The van der Waals surface area contributed by atoms with Crippen LogP contribution >= 0.6 is 15.9 Å². The first-order valence-corrected chi connectivity index (χ1v) is 9.88. The fourth-order valence-corrected chi connectivity index (χ4v) is 3.64. The highest BCUT2D eigenvalue weighted by Crippen LogP contribution is 2.38. The van der Waals surface area contributed by atoms with Crippen LogP contribution in [0.3, 0.4) is 0 Å². The lowest BCUT2D eigenvalue weighted by Crippen LogP contribution is -2.07. The molecule has 0 saturated heterocycles. The molecule has 3 rings (SSSR count). The largest absolute Gasteiger partial charge is 0.768 e. The molecule has 0 spiro atoms. The predicted octanol–water partition coefficient (Wildman–Crippen LogP) is 4.19. The van der Waals surface area contributed by atoms with Crippen LogP contribution in [0.4, 0.5) is 4.39 Å². The summed E-state index contributed by atoms with van der Waals surface area (Å²) >= 11 is 0.803. The number of methoxy groups -OCH3 is 1. The highest BCUT2D eigenvalue weighted by molar-refractivity contribution is 9.10. The van der Waals surface area contributed by atoms with Gasteiger partial charge in [0.1, 0.15) is 11.6 Å². The van der Waals surface area contributed by atoms with Crippen molar-refractivity contribution in [1.82, 2.24) is 4.98 Å². The molecule has 0 bridgehead atoms. The third-order valence-corrected chi connectivity index (χ3v) is 5.32. The van der Waals surface area contributed by atoms with Gasteiger partial charge in [-0.05, 0) is 68.6 Å². The van der Waals surface area contributed by atoms with Crippen LogP contribution in [0.2, 0.25) is 0 Å². The van der Waals surface area contributed by atoms with Gasteiger partial charge in [0, 0.05) is 16.5 Å². The van der Waals surface area contributed by atoms with Crippen molar-refractivity contribution in [3.63, 3.8) is 0 Å². The topological polar surface area (TPSA) is 88.6 Å². The highest BCUT2D eigenvalue weighted by Gasteiger charge is 2.17. The van der Waals surface area contributed by atoms with E-state index in [2.05, 4.69) is 20.9 Å². The second-order valence-electron chi connectivity index (χ2n) is 5.90. The van der Waals surface area contributed by atoms with Crippen molar-refractivity contribution < 1.29 is 27.4 Å². The van der Waals surface area contributed by atoms with Crippen molar-refractivity contribution in [2.24, 2.45) is 0 Å². The van der Waals surface area contributed by atoms with Crippen molar-refractivity contribution in [2.75, 3.05) is 7.11 Å². The van der Waals surface area contributed by atoms with Crippen LogP contribution in [0.25, 0.3) is 10.8 Å². The highest BCUT2D eigenvalue weighted by atomic mass is 79.9. The van der Waals surface area contributed by atoms with E-state index in [1.165, 1.54) is 25.3 Å². The summed E-state index contributed by atoms with van der Waals surface area (Å²) < 4.78 is 47.0. The van der Waals surface area contributed by atoms with Gasteiger partial charge in [0.2, 0.25) is 5.88 Å². The van der Waals surface area contributed by atoms with Crippen molar-refractivity contribution in [2.45, 2.75) is 18.2 Å². The molecule has 9 heteroatoms. The molecule has 0 aliphatic heterocycles. The maximum atomic E-state index is 13.9. The Kier molecular flexibility index (Phi) is 6.07. The molecular weight excluding hydrogens is 453 g/mol. The first kappa shape index (κ1) is 20.4. The van der Waals surface area contributed by atoms with Crippen LogP contribution < -0.4 is 4.74 Å². The molecule has 0 fully saturated rings. The maximum absolute atomic E-state index is 13.9. The van der Waals surface area contributed by atoms with Gasteiger partial charge in [-0.25, -0.2) is 9.37 Å². The van der Waals surface area contributed by atoms with E-state index >= 15 is 0 Å². The Labute approximate surface area is 171 Å². The van der Waals surface area contributed by atoms with Gasteiger partial charge in [0.15, 0.2) is 0 Å². The van der Waals surface area contributed by atoms with Crippen molar-refractivity contribution in [1.29, 1.82) is 0 Å². The molecule has 6 nitrogen and oxygen atoms in total. The number of carbonyl (C=O) groups is 1. The van der Waals surface area contributed by atoms with Crippen LogP contribution in [0.1, 0.15) is 11.1 Å². The summed E-state index contributed by atoms with van der Waals surface area (Å²) in [5.41, 5.74) is 1.28. The average Bonchev–Trinajstić information content (AvgIpc) is 2.66. The maximum Gasteiger partial charge on any atom is 0.309 e. The second-order valence-corrected chi connectivity index (χ2v) is 7.70. The van der Waals surface area contributed by atoms with E-state index in [0.717, 1.165) is 6.20 Å². The smallest absolute Gasteiger partial charge is 0.309 e. The molecule has 1 aromatic heterocycles. The number of halogens is 2. The molecule has 0 radical (unpaired) electrons. The van der Waals surface area contributed by atoms with Crippen LogP contribution in [-0.2, 0) is 27.0 Å². The Morgan fingerprint density at radius 3 is 2.71 bits per heavy atom. The summed E-state index contributed by atoms with van der Waals surface area (Å²) in [5, 5.41) is 1.17. The molecule has 0 aliphatic carbocycles. The van der Waals surface area contributed by atoms with Crippen molar-refractivity contribution >= 4 is 43.8 Å². The number of hydrogen-bond donors (Lipinski definition) is 0. The third kappa shape index (κ3) is 4.21. The van der Waals surface area contributed by atoms with E-state index in [-0.39, 0.29) is 17.2 Å². The fraction of sp³-hybridized carbons (Fsp3) is 0.158. The third-order valence-electron chi connectivity index (χ3n) is 4.15. The zero-order chi connectivity index (χ0) is 20.4. The number of rotatable bonds is 5. The number of nitrogens with zero attached hydrogens (tertiary/aromatic N) is 1. The molecule has 28 heavy (non-hydrogen) atoms. The van der Waals surface area contributed by atoms with Gasteiger partial charge in [0.25, 0.3) is 0 Å². The fourth-order valence-electron chi connectivity index (χ4n) is 2.71. The lowest BCUT2D eigenvalue weighted by molar-refractivity contribution is -0.139. The normalized spacial score (nSPS) is 12.0. The summed E-state index contributed by atoms with van der Waals surface area (Å²) in [6, 6.07) is 7.36. The van der Waals surface area contributed by atoms with E-state index in [0.29, 0.717) is 32.1 Å². The van der Waals surface area contributed by atoms with Gasteiger partial charge in [0.05, 0.1) is 18.0 Å². The van der Waals surface area contributed by atoms with Crippen LogP contribution in [-0.4, -0.2) is 26.8 Å². The van der Waals surface area contributed by atoms with E-state index < -0.39 is 22.9 Å². The molecule has 1 atom stereocenters. The molecule has 1 unspecified atom stereocenters. The Bertz CT molecular complexity index is 1110. The standard InChI is InChI=1S/C19H15BrFNO5S/c1-10-12(6-17(23)26-2)5-11-3-4-13(21)7-15(11)18(10)27-19-16(20)8-14(9-22-19)28(24)25/h3-5,7-9H,6H2,1-2H3,(H,24,25)/p-1. The molecule has 2 aromatic carbocycles. The van der Waals surface area contributed by atoms with Crippen molar-refractivity contribution in [3.8, 4) is 11.6 Å². The Balaban J connectivity index is 2.15. The minimum atomic E-state index is -2.43. The van der Waals surface area contributed by atoms with E-state index in [4.69, 9.17) is 9.47 Å². The molecule has 0 saturated carbocycles. The molecule has 3 aromatic rings. The molecule has 1 heterocycles. The first-order chi connectivity index (χ1) is 13.3. The Morgan fingerprint density at radius 1 is 1.32 bits per heavy atom. The number of benzene rings is 2. The van der Waals surface area contributed by atoms with Gasteiger partial charge in [-0.1, -0.05) is 12.1 Å². The molecule has 146 valence electrons. The summed E-state index contributed by atoms with van der Waals surface area (Å²) in [7, 11) is 1.30. The number of aromatic nitrogens is 1.